The molecule has 1 fully saturated rings. The lowest BCUT2D eigenvalue weighted by atomic mass is 10.4. The van der Waals surface area contributed by atoms with Gasteiger partial charge in [-0.2, -0.15) is 23.5 Å². The molecule has 1 saturated heterocycles. The summed E-state index contributed by atoms with van der Waals surface area (Å²) >= 11 is 4.21. The van der Waals surface area contributed by atoms with Crippen LogP contribution in [-0.2, 0) is 0 Å². The van der Waals surface area contributed by atoms with Crippen molar-refractivity contribution in [3.8, 4) is 0 Å². The van der Waals surface area contributed by atoms with Gasteiger partial charge in [0.1, 0.15) is 0 Å². The van der Waals surface area contributed by atoms with Crippen LogP contribution in [0.3, 0.4) is 0 Å². The molecule has 1 aliphatic heterocycles. The first-order valence-electron chi connectivity index (χ1n) is 3.04. The number of thioether (sulfide) groups is 2. The Kier molecular flexibility index (Phi) is 2.57. The summed E-state index contributed by atoms with van der Waals surface area (Å²) in [5, 5.41) is 1.77. The molecule has 8 heavy (non-hydrogen) atoms. The summed E-state index contributed by atoms with van der Waals surface area (Å²) in [5.74, 6) is 2.71. The summed E-state index contributed by atoms with van der Waals surface area (Å²) in [5.41, 5.74) is 0. The molecule has 0 aromatic rings. The zero-order valence-corrected chi connectivity index (χ0v) is 7.02. The van der Waals surface area contributed by atoms with E-state index in [9.17, 15) is 0 Å². The molecule has 0 spiro atoms. The Balaban J connectivity index is 2.28. The second kappa shape index (κ2) is 3.02. The molecule has 0 nitrogen and oxygen atoms in total. The van der Waals surface area contributed by atoms with Crippen LogP contribution in [0.15, 0.2) is 0 Å². The summed E-state index contributed by atoms with van der Waals surface area (Å²) < 4.78 is 0. The fourth-order valence-electron chi connectivity index (χ4n) is 0.739. The average Bonchev–Trinajstić information content (AvgIpc) is 1.77. The maximum atomic E-state index is 2.32. The molecule has 0 saturated carbocycles. The largest absolute Gasteiger partial charge is 0.157 e. The first-order valence-corrected chi connectivity index (χ1v) is 5.13. The Labute approximate surface area is 59.8 Å². The minimum absolute atomic E-state index is 0.883. The summed E-state index contributed by atoms with van der Waals surface area (Å²) in [4.78, 5) is 0. The molecule has 0 amide bonds. The van der Waals surface area contributed by atoms with Crippen LogP contribution in [0.5, 0.6) is 0 Å². The fourth-order valence-corrected chi connectivity index (χ4v) is 3.27. The Hall–Kier alpha value is 0.700. The van der Waals surface area contributed by atoms with Crippen molar-refractivity contribution in [3.63, 3.8) is 0 Å². The van der Waals surface area contributed by atoms with E-state index in [0.717, 1.165) is 10.5 Å². The van der Waals surface area contributed by atoms with Gasteiger partial charge in [0, 0.05) is 22.0 Å². The van der Waals surface area contributed by atoms with Gasteiger partial charge >= 0.3 is 0 Å². The van der Waals surface area contributed by atoms with Crippen LogP contribution in [0.1, 0.15) is 13.8 Å². The molecule has 1 rings (SSSR count). The molecule has 0 bridgehead atoms. The van der Waals surface area contributed by atoms with Crippen LogP contribution in [0, 0.1) is 0 Å². The zero-order chi connectivity index (χ0) is 5.98. The van der Waals surface area contributed by atoms with Crippen molar-refractivity contribution < 1.29 is 0 Å². The molecule has 2 heteroatoms. The second-order valence-corrected chi connectivity index (χ2v) is 5.12. The highest BCUT2D eigenvalue weighted by Crippen LogP contribution is 2.29. The van der Waals surface area contributed by atoms with E-state index < -0.39 is 0 Å². The van der Waals surface area contributed by atoms with Crippen molar-refractivity contribution in [3.05, 3.63) is 0 Å². The summed E-state index contributed by atoms with van der Waals surface area (Å²) in [6, 6.07) is 0. The third-order valence-corrected chi connectivity index (χ3v) is 4.68. The standard InChI is InChI=1S/C6H12S2/c1-5-6(2)8-4-3-7-5/h5-6H,3-4H2,1-2H3. The Bertz CT molecular complexity index is 62.9. The Morgan fingerprint density at radius 1 is 1.00 bits per heavy atom. The van der Waals surface area contributed by atoms with Crippen molar-refractivity contribution in [2.45, 2.75) is 24.3 Å². The Morgan fingerprint density at radius 3 is 1.62 bits per heavy atom. The van der Waals surface area contributed by atoms with E-state index in [-0.39, 0.29) is 0 Å². The maximum Gasteiger partial charge on any atom is 0.0135 e. The van der Waals surface area contributed by atoms with Gasteiger partial charge in [-0.05, 0) is 0 Å². The number of hydrogen-bond donors (Lipinski definition) is 0. The minimum atomic E-state index is 0.883. The van der Waals surface area contributed by atoms with Gasteiger partial charge in [0.05, 0.1) is 0 Å². The number of hydrogen-bond acceptors (Lipinski definition) is 2. The monoisotopic (exact) mass is 148 g/mol. The first kappa shape index (κ1) is 6.81. The molecule has 48 valence electrons. The predicted octanol–water partition coefficient (Wildman–Crippen LogP) is 2.24. The van der Waals surface area contributed by atoms with Crippen LogP contribution in [0.25, 0.3) is 0 Å². The SMILES string of the molecule is CC1SCCSC1C. The highest BCUT2D eigenvalue weighted by Gasteiger charge is 2.16. The van der Waals surface area contributed by atoms with Crippen LogP contribution in [-0.4, -0.2) is 22.0 Å². The van der Waals surface area contributed by atoms with E-state index in [1.165, 1.54) is 11.5 Å². The summed E-state index contributed by atoms with van der Waals surface area (Å²) in [6.45, 7) is 4.64. The normalized spacial score (nSPS) is 39.8. The zero-order valence-electron chi connectivity index (χ0n) is 5.39. The lowest BCUT2D eigenvalue weighted by Gasteiger charge is -2.23. The molecular weight excluding hydrogens is 136 g/mol. The van der Waals surface area contributed by atoms with E-state index in [2.05, 4.69) is 37.4 Å². The fraction of sp³-hybridized carbons (Fsp3) is 1.00. The van der Waals surface area contributed by atoms with Gasteiger partial charge in [0.15, 0.2) is 0 Å². The van der Waals surface area contributed by atoms with Crippen LogP contribution >= 0.6 is 23.5 Å². The molecule has 0 radical (unpaired) electrons. The maximum absolute atomic E-state index is 2.32. The molecule has 0 N–H and O–H groups in total. The van der Waals surface area contributed by atoms with E-state index in [0.29, 0.717) is 0 Å². The van der Waals surface area contributed by atoms with E-state index in [4.69, 9.17) is 0 Å². The Morgan fingerprint density at radius 2 is 1.38 bits per heavy atom. The molecule has 2 unspecified atom stereocenters. The minimum Gasteiger partial charge on any atom is -0.157 e. The van der Waals surface area contributed by atoms with E-state index >= 15 is 0 Å². The predicted molar refractivity (Wildman–Crippen MR) is 43.8 cm³/mol. The van der Waals surface area contributed by atoms with Crippen molar-refractivity contribution in [1.82, 2.24) is 0 Å². The molecule has 1 heterocycles. The quantitative estimate of drug-likeness (QED) is 0.517. The van der Waals surface area contributed by atoms with Crippen molar-refractivity contribution in [2.24, 2.45) is 0 Å². The molecule has 1 aliphatic rings. The smallest absolute Gasteiger partial charge is 0.0135 e. The highest BCUT2D eigenvalue weighted by atomic mass is 32.2. The van der Waals surface area contributed by atoms with Crippen molar-refractivity contribution in [2.75, 3.05) is 11.5 Å². The van der Waals surface area contributed by atoms with Gasteiger partial charge in [-0.15, -0.1) is 0 Å². The van der Waals surface area contributed by atoms with Crippen LogP contribution in [0.2, 0.25) is 0 Å². The van der Waals surface area contributed by atoms with E-state index in [1.807, 2.05) is 0 Å². The highest BCUT2D eigenvalue weighted by molar-refractivity contribution is 8.07. The molecule has 2 atom stereocenters. The van der Waals surface area contributed by atoms with Gasteiger partial charge < -0.3 is 0 Å². The lowest BCUT2D eigenvalue weighted by molar-refractivity contribution is 0.918. The second-order valence-electron chi connectivity index (χ2n) is 2.15. The van der Waals surface area contributed by atoms with E-state index in [1.54, 1.807) is 0 Å². The molecule has 0 aliphatic carbocycles. The van der Waals surface area contributed by atoms with Gasteiger partial charge in [-0.25, -0.2) is 0 Å². The van der Waals surface area contributed by atoms with Gasteiger partial charge in [0.25, 0.3) is 0 Å². The van der Waals surface area contributed by atoms with Crippen LogP contribution < -0.4 is 0 Å². The average molecular weight is 148 g/mol. The molecular formula is C6H12S2. The summed E-state index contributed by atoms with van der Waals surface area (Å²) in [7, 11) is 0. The molecule has 0 aromatic carbocycles. The van der Waals surface area contributed by atoms with Crippen molar-refractivity contribution >= 4 is 23.5 Å². The topological polar surface area (TPSA) is 0 Å². The van der Waals surface area contributed by atoms with Gasteiger partial charge in [0.2, 0.25) is 0 Å². The molecule has 0 aromatic heterocycles. The van der Waals surface area contributed by atoms with Crippen molar-refractivity contribution in [1.29, 1.82) is 0 Å². The van der Waals surface area contributed by atoms with Gasteiger partial charge in [-0.3, -0.25) is 0 Å². The van der Waals surface area contributed by atoms with Crippen LogP contribution in [0.4, 0.5) is 0 Å². The third-order valence-electron chi connectivity index (χ3n) is 1.51. The van der Waals surface area contributed by atoms with Gasteiger partial charge in [-0.1, -0.05) is 13.8 Å². The first-order chi connectivity index (χ1) is 3.80. The number of rotatable bonds is 0. The summed E-state index contributed by atoms with van der Waals surface area (Å²) in [6.07, 6.45) is 0. The third kappa shape index (κ3) is 1.59. The lowest BCUT2D eigenvalue weighted by Crippen LogP contribution is -2.18.